The van der Waals surface area contributed by atoms with Crippen LogP contribution in [0.15, 0.2) is 18.3 Å². The largest absolute Gasteiger partial charge is 0.384 e. The number of hydrogen-bond donors (Lipinski definition) is 2. The van der Waals surface area contributed by atoms with Crippen molar-refractivity contribution in [2.45, 2.75) is 33.1 Å². The lowest BCUT2D eigenvalue weighted by Gasteiger charge is -2.08. The quantitative estimate of drug-likeness (QED) is 0.762. The van der Waals surface area contributed by atoms with Gasteiger partial charge < -0.3 is 5.32 Å². The second kappa shape index (κ2) is 7.20. The Morgan fingerprint density at radius 2 is 2.00 bits per heavy atom. The zero-order valence-corrected chi connectivity index (χ0v) is 11.8. The maximum Gasteiger partial charge on any atom is 0.233 e. The number of pyridine rings is 1. The average molecular weight is 271 g/mol. The van der Waals surface area contributed by atoms with Crippen molar-refractivity contribution < 1.29 is 8.42 Å². The summed E-state index contributed by atoms with van der Waals surface area (Å²) < 4.78 is 25.8. The maximum absolute atomic E-state index is 11.6. The van der Waals surface area contributed by atoms with Gasteiger partial charge in [0.2, 0.25) is 10.0 Å². The first-order valence-electron chi connectivity index (χ1n) is 6.28. The molecule has 0 aliphatic carbocycles. The normalized spacial score (nSPS) is 11.2. The molecule has 1 rings (SSSR count). The first-order valence-corrected chi connectivity index (χ1v) is 7.93. The molecule has 18 heavy (non-hydrogen) atoms. The molecule has 6 heteroatoms. The number of rotatable bonds is 8. The van der Waals surface area contributed by atoms with Crippen LogP contribution in [0.5, 0.6) is 0 Å². The Labute approximate surface area is 109 Å². The molecule has 0 aliphatic rings. The lowest BCUT2D eigenvalue weighted by atomic mass is 10.4. The topological polar surface area (TPSA) is 71.1 Å². The van der Waals surface area contributed by atoms with Gasteiger partial charge in [-0.05, 0) is 25.0 Å². The lowest BCUT2D eigenvalue weighted by molar-refractivity contribution is 0.597. The van der Waals surface area contributed by atoms with E-state index in [4.69, 9.17) is 0 Å². The van der Waals surface area contributed by atoms with Gasteiger partial charge >= 0.3 is 0 Å². The van der Waals surface area contributed by atoms with E-state index >= 15 is 0 Å². The van der Waals surface area contributed by atoms with E-state index in [1.807, 2.05) is 13.0 Å². The number of aromatic nitrogens is 1. The van der Waals surface area contributed by atoms with Gasteiger partial charge in [0, 0.05) is 6.54 Å². The van der Waals surface area contributed by atoms with Crippen LogP contribution in [-0.2, 0) is 10.0 Å². The van der Waals surface area contributed by atoms with E-state index in [0.29, 0.717) is 12.2 Å². The Hall–Kier alpha value is -1.30. The van der Waals surface area contributed by atoms with Crippen LogP contribution in [0.4, 0.5) is 11.5 Å². The van der Waals surface area contributed by atoms with Crippen molar-refractivity contribution in [3.8, 4) is 0 Å². The molecule has 0 aromatic carbocycles. The molecule has 0 atom stereocenters. The third-order valence-electron chi connectivity index (χ3n) is 2.37. The van der Waals surface area contributed by atoms with Gasteiger partial charge in [0.15, 0.2) is 0 Å². The molecule has 102 valence electrons. The summed E-state index contributed by atoms with van der Waals surface area (Å²) in [6.45, 7) is 4.92. The van der Waals surface area contributed by atoms with Gasteiger partial charge in [-0.2, -0.15) is 0 Å². The highest BCUT2D eigenvalue weighted by molar-refractivity contribution is 7.92. The first-order chi connectivity index (χ1) is 8.57. The minimum Gasteiger partial charge on any atom is -0.384 e. The van der Waals surface area contributed by atoms with E-state index in [0.717, 1.165) is 25.1 Å². The summed E-state index contributed by atoms with van der Waals surface area (Å²) in [5, 5.41) is 3.18. The Kier molecular flexibility index (Phi) is 5.91. The molecule has 0 saturated carbocycles. The van der Waals surface area contributed by atoms with E-state index in [1.54, 1.807) is 12.3 Å². The zero-order valence-electron chi connectivity index (χ0n) is 10.9. The smallest absolute Gasteiger partial charge is 0.233 e. The number of nitrogens with zero attached hydrogens (tertiary/aromatic N) is 1. The predicted molar refractivity (Wildman–Crippen MR) is 75.3 cm³/mol. The van der Waals surface area contributed by atoms with Gasteiger partial charge in [-0.1, -0.05) is 20.3 Å². The number of unbranched alkanes of at least 4 members (excludes halogenated alkanes) is 1. The van der Waals surface area contributed by atoms with E-state index in [9.17, 15) is 8.42 Å². The molecule has 1 heterocycles. The summed E-state index contributed by atoms with van der Waals surface area (Å²) in [5.74, 6) is 0.509. The van der Waals surface area contributed by atoms with Crippen LogP contribution in [0.25, 0.3) is 0 Å². The third kappa shape index (κ3) is 5.35. The van der Waals surface area contributed by atoms with Crippen LogP contribution >= 0.6 is 0 Å². The van der Waals surface area contributed by atoms with Crippen molar-refractivity contribution in [2.75, 3.05) is 22.3 Å². The highest BCUT2D eigenvalue weighted by Crippen LogP contribution is 2.11. The average Bonchev–Trinajstić information content (AvgIpc) is 2.35. The second-order valence-electron chi connectivity index (χ2n) is 4.13. The number of sulfonamides is 1. The molecule has 0 aliphatic heterocycles. The minimum absolute atomic E-state index is 0.140. The molecule has 0 radical (unpaired) electrons. The summed E-state index contributed by atoms with van der Waals surface area (Å²) in [6, 6.07) is 3.49. The van der Waals surface area contributed by atoms with Crippen molar-refractivity contribution in [3.63, 3.8) is 0 Å². The number of anilines is 2. The fraction of sp³-hybridized carbons (Fsp3) is 0.583. The highest BCUT2D eigenvalue weighted by atomic mass is 32.2. The van der Waals surface area contributed by atoms with Crippen molar-refractivity contribution >= 4 is 21.5 Å². The van der Waals surface area contributed by atoms with Gasteiger partial charge in [-0.15, -0.1) is 0 Å². The molecule has 0 bridgehead atoms. The molecule has 1 aromatic rings. The fourth-order valence-electron chi connectivity index (χ4n) is 1.37. The molecule has 0 fully saturated rings. The van der Waals surface area contributed by atoms with Crippen LogP contribution < -0.4 is 10.0 Å². The van der Waals surface area contributed by atoms with Crippen LogP contribution in [0.3, 0.4) is 0 Å². The van der Waals surface area contributed by atoms with E-state index in [-0.39, 0.29) is 5.75 Å². The summed E-state index contributed by atoms with van der Waals surface area (Å²) in [5.41, 5.74) is 0.897. The first kappa shape index (κ1) is 14.8. The molecule has 1 aromatic heterocycles. The predicted octanol–water partition coefficient (Wildman–Crippen LogP) is 2.45. The van der Waals surface area contributed by atoms with Gasteiger partial charge in [0.25, 0.3) is 0 Å². The van der Waals surface area contributed by atoms with E-state index in [1.165, 1.54) is 0 Å². The SMILES string of the molecule is CCCCS(=O)(=O)Nc1ccc(NCCC)cn1. The lowest BCUT2D eigenvalue weighted by Crippen LogP contribution is -2.17. The molecule has 0 saturated heterocycles. The van der Waals surface area contributed by atoms with E-state index in [2.05, 4.69) is 21.9 Å². The van der Waals surface area contributed by atoms with Crippen molar-refractivity contribution in [2.24, 2.45) is 0 Å². The third-order valence-corrected chi connectivity index (χ3v) is 3.72. The number of hydrogen-bond acceptors (Lipinski definition) is 4. The minimum atomic E-state index is -3.26. The summed E-state index contributed by atoms with van der Waals surface area (Å²) in [7, 11) is -3.26. The van der Waals surface area contributed by atoms with Gasteiger partial charge in [0.1, 0.15) is 5.82 Å². The molecular weight excluding hydrogens is 250 g/mol. The Morgan fingerprint density at radius 3 is 2.56 bits per heavy atom. The van der Waals surface area contributed by atoms with Crippen LogP contribution in [-0.4, -0.2) is 25.7 Å². The molecule has 0 amide bonds. The van der Waals surface area contributed by atoms with Crippen LogP contribution in [0.2, 0.25) is 0 Å². The summed E-state index contributed by atoms with van der Waals surface area (Å²) in [6.07, 6.45) is 4.18. The van der Waals surface area contributed by atoms with Gasteiger partial charge in [-0.25, -0.2) is 13.4 Å². The van der Waals surface area contributed by atoms with Crippen LogP contribution in [0, 0.1) is 0 Å². The highest BCUT2D eigenvalue weighted by Gasteiger charge is 2.09. The summed E-state index contributed by atoms with van der Waals surface area (Å²) >= 11 is 0. The molecule has 0 spiro atoms. The number of nitrogens with one attached hydrogen (secondary N) is 2. The fourth-order valence-corrected chi connectivity index (χ4v) is 2.58. The monoisotopic (exact) mass is 271 g/mol. The standard InChI is InChI=1S/C12H21N3O2S/c1-3-5-9-18(16,17)15-12-7-6-11(10-14-12)13-8-4-2/h6-7,10,13H,3-5,8-9H2,1-2H3,(H,14,15). The van der Waals surface area contributed by atoms with Crippen molar-refractivity contribution in [3.05, 3.63) is 18.3 Å². The molecule has 0 unspecified atom stereocenters. The van der Waals surface area contributed by atoms with Crippen molar-refractivity contribution in [1.82, 2.24) is 4.98 Å². The van der Waals surface area contributed by atoms with E-state index < -0.39 is 10.0 Å². The second-order valence-corrected chi connectivity index (χ2v) is 5.98. The van der Waals surface area contributed by atoms with Gasteiger partial charge in [-0.3, -0.25) is 4.72 Å². The Morgan fingerprint density at radius 1 is 1.22 bits per heavy atom. The van der Waals surface area contributed by atoms with Crippen molar-refractivity contribution in [1.29, 1.82) is 0 Å². The molecule has 5 nitrogen and oxygen atoms in total. The molecule has 2 N–H and O–H groups in total. The summed E-state index contributed by atoms with van der Waals surface area (Å²) in [4.78, 5) is 4.07. The maximum atomic E-state index is 11.6. The molecular formula is C12H21N3O2S. The van der Waals surface area contributed by atoms with Crippen LogP contribution in [0.1, 0.15) is 33.1 Å². The zero-order chi connectivity index (χ0) is 13.4. The van der Waals surface area contributed by atoms with Gasteiger partial charge in [0.05, 0.1) is 17.6 Å². The Balaban J connectivity index is 2.57. The Bertz CT molecular complexity index is 443.